The van der Waals surface area contributed by atoms with Gasteiger partial charge in [-0.15, -0.1) is 22.9 Å². The Morgan fingerprint density at radius 2 is 2.44 bits per heavy atom. The number of halogens is 1. The lowest BCUT2D eigenvalue weighted by Crippen LogP contribution is -2.30. The normalized spacial score (nSPS) is 17.1. The van der Waals surface area contributed by atoms with E-state index in [2.05, 4.69) is 10.3 Å². The van der Waals surface area contributed by atoms with Gasteiger partial charge >= 0.3 is 0 Å². The molecule has 1 aliphatic rings. The van der Waals surface area contributed by atoms with Crippen LogP contribution in [-0.4, -0.2) is 23.3 Å². The Balaban J connectivity index is 1.87. The molecular weight excluding hydrogens is 244 g/mol. The van der Waals surface area contributed by atoms with Crippen molar-refractivity contribution >= 4 is 28.8 Å². The van der Waals surface area contributed by atoms with Gasteiger partial charge in [-0.25, -0.2) is 4.98 Å². The molecule has 88 valence electrons. The summed E-state index contributed by atoms with van der Waals surface area (Å²) in [5.41, 5.74) is 2.80. The Kier molecular flexibility index (Phi) is 3.50. The summed E-state index contributed by atoms with van der Waals surface area (Å²) >= 11 is 7.14. The van der Waals surface area contributed by atoms with Crippen molar-refractivity contribution in [1.29, 1.82) is 0 Å². The third-order valence-corrected chi connectivity index (χ3v) is 4.27. The molecule has 5 heteroatoms. The summed E-state index contributed by atoms with van der Waals surface area (Å²) in [6.45, 7) is 2.60. The number of nitrogens with one attached hydrogen (secondary N) is 1. The Morgan fingerprint density at radius 3 is 2.94 bits per heavy atom. The Labute approximate surface area is 104 Å². The first-order valence-corrected chi connectivity index (χ1v) is 6.82. The van der Waals surface area contributed by atoms with E-state index in [4.69, 9.17) is 11.6 Å². The van der Waals surface area contributed by atoms with Crippen molar-refractivity contribution < 1.29 is 4.79 Å². The van der Waals surface area contributed by atoms with Gasteiger partial charge in [-0.1, -0.05) is 0 Å². The molecule has 0 aliphatic heterocycles. The van der Waals surface area contributed by atoms with Crippen LogP contribution in [0.1, 0.15) is 34.6 Å². The monoisotopic (exact) mass is 258 g/mol. The topological polar surface area (TPSA) is 42.0 Å². The first kappa shape index (κ1) is 11.9. The second kappa shape index (κ2) is 4.72. The van der Waals surface area contributed by atoms with Crippen molar-refractivity contribution in [3.05, 3.63) is 16.1 Å². The zero-order valence-electron chi connectivity index (χ0n) is 9.25. The minimum Gasteiger partial charge on any atom is -0.351 e. The highest BCUT2D eigenvalue weighted by Crippen LogP contribution is 2.48. The summed E-state index contributed by atoms with van der Waals surface area (Å²) in [6, 6.07) is 0. The Bertz CT molecular complexity index is 387. The number of aryl methyl sites for hydroxylation is 1. The fraction of sp³-hybridized carbons (Fsp3) is 0.636. The molecule has 1 aliphatic carbocycles. The van der Waals surface area contributed by atoms with Crippen LogP contribution in [0.5, 0.6) is 0 Å². The van der Waals surface area contributed by atoms with E-state index in [-0.39, 0.29) is 11.3 Å². The highest BCUT2D eigenvalue weighted by molar-refractivity contribution is 7.11. The van der Waals surface area contributed by atoms with Gasteiger partial charge in [-0.3, -0.25) is 4.79 Å². The van der Waals surface area contributed by atoms with Crippen LogP contribution in [0.25, 0.3) is 0 Å². The predicted molar refractivity (Wildman–Crippen MR) is 66.2 cm³/mol. The van der Waals surface area contributed by atoms with Gasteiger partial charge in [0.25, 0.3) is 5.91 Å². The first-order valence-electron chi connectivity index (χ1n) is 5.41. The maximum atomic E-state index is 11.8. The average Bonchev–Trinajstić information content (AvgIpc) is 2.89. The summed E-state index contributed by atoms with van der Waals surface area (Å²) in [5, 5.41) is 2.99. The van der Waals surface area contributed by atoms with Crippen molar-refractivity contribution in [3.8, 4) is 0 Å². The molecule has 2 rings (SSSR count). The van der Waals surface area contributed by atoms with E-state index in [0.717, 1.165) is 23.5 Å². The summed E-state index contributed by atoms with van der Waals surface area (Å²) in [7, 11) is 0. The number of carbonyl (C=O) groups is 1. The second-order valence-corrected chi connectivity index (χ2v) is 5.62. The molecule has 1 fully saturated rings. The number of hydrogen-bond donors (Lipinski definition) is 1. The molecule has 0 spiro atoms. The molecule has 3 nitrogen and oxygen atoms in total. The number of amides is 1. The lowest BCUT2D eigenvalue weighted by atomic mass is 10.0. The lowest BCUT2D eigenvalue weighted by molar-refractivity contribution is 0.0947. The van der Waals surface area contributed by atoms with E-state index in [1.807, 2.05) is 6.92 Å². The Hall–Kier alpha value is -0.610. The van der Waals surface area contributed by atoms with Gasteiger partial charge in [0.15, 0.2) is 0 Å². The third-order valence-electron chi connectivity index (χ3n) is 3.16. The molecular formula is C11H15ClN2OS. The lowest BCUT2D eigenvalue weighted by Gasteiger charge is -2.13. The van der Waals surface area contributed by atoms with Crippen LogP contribution in [0, 0.1) is 12.3 Å². The van der Waals surface area contributed by atoms with E-state index < -0.39 is 0 Å². The smallest absolute Gasteiger partial charge is 0.263 e. The number of rotatable bonds is 5. The second-order valence-electron chi connectivity index (χ2n) is 4.39. The van der Waals surface area contributed by atoms with Crippen LogP contribution in [0.3, 0.4) is 0 Å². The summed E-state index contributed by atoms with van der Waals surface area (Å²) in [6.07, 6.45) is 3.36. The molecule has 1 aromatic rings. The van der Waals surface area contributed by atoms with Gasteiger partial charge in [0.2, 0.25) is 0 Å². The van der Waals surface area contributed by atoms with Crippen LogP contribution in [0.2, 0.25) is 0 Å². The highest BCUT2D eigenvalue weighted by atomic mass is 35.5. The predicted octanol–water partition coefficient (Wildman–Crippen LogP) is 2.59. The maximum absolute atomic E-state index is 11.8. The molecule has 1 saturated carbocycles. The zero-order valence-corrected chi connectivity index (χ0v) is 10.8. The van der Waals surface area contributed by atoms with Crippen molar-refractivity contribution in [2.45, 2.75) is 26.2 Å². The Morgan fingerprint density at radius 1 is 1.69 bits per heavy atom. The van der Waals surface area contributed by atoms with Crippen molar-refractivity contribution in [2.24, 2.45) is 5.41 Å². The molecule has 1 N–H and O–H groups in total. The molecule has 0 bridgehead atoms. The van der Waals surface area contributed by atoms with Crippen LogP contribution < -0.4 is 5.32 Å². The van der Waals surface area contributed by atoms with Crippen LogP contribution in [0.4, 0.5) is 0 Å². The van der Waals surface area contributed by atoms with Gasteiger partial charge in [0, 0.05) is 12.4 Å². The SMILES string of the molecule is Cc1ncsc1C(=O)NCC1(CCCl)CC1. The zero-order chi connectivity index (χ0) is 11.6. The van der Waals surface area contributed by atoms with E-state index in [9.17, 15) is 4.79 Å². The number of aromatic nitrogens is 1. The molecule has 1 heterocycles. The molecule has 0 saturated heterocycles. The maximum Gasteiger partial charge on any atom is 0.263 e. The number of hydrogen-bond acceptors (Lipinski definition) is 3. The van der Waals surface area contributed by atoms with E-state index in [0.29, 0.717) is 5.88 Å². The van der Waals surface area contributed by atoms with E-state index in [1.165, 1.54) is 24.2 Å². The molecule has 1 aromatic heterocycles. The fourth-order valence-electron chi connectivity index (χ4n) is 1.76. The number of alkyl halides is 1. The van der Waals surface area contributed by atoms with Crippen molar-refractivity contribution in [2.75, 3.05) is 12.4 Å². The number of thiazole rings is 1. The standard InChI is InChI=1S/C11H15ClN2OS/c1-8-9(16-7-14-8)10(15)13-6-11(2-3-11)4-5-12/h7H,2-6H2,1H3,(H,13,15). The average molecular weight is 259 g/mol. The van der Waals surface area contributed by atoms with Crippen LogP contribution >= 0.6 is 22.9 Å². The van der Waals surface area contributed by atoms with Gasteiger partial charge in [-0.2, -0.15) is 0 Å². The minimum atomic E-state index is 0.000785. The van der Waals surface area contributed by atoms with Gasteiger partial charge in [0.05, 0.1) is 11.2 Å². The molecule has 1 amide bonds. The van der Waals surface area contributed by atoms with E-state index in [1.54, 1.807) is 5.51 Å². The van der Waals surface area contributed by atoms with Crippen molar-refractivity contribution in [3.63, 3.8) is 0 Å². The quantitative estimate of drug-likeness (QED) is 0.825. The molecule has 0 atom stereocenters. The third kappa shape index (κ3) is 2.55. The summed E-state index contributed by atoms with van der Waals surface area (Å²) in [4.78, 5) is 16.6. The van der Waals surface area contributed by atoms with Gasteiger partial charge in [-0.05, 0) is 31.6 Å². The van der Waals surface area contributed by atoms with Crippen molar-refractivity contribution in [1.82, 2.24) is 10.3 Å². The number of carbonyl (C=O) groups excluding carboxylic acids is 1. The van der Waals surface area contributed by atoms with Crippen LogP contribution in [0.15, 0.2) is 5.51 Å². The summed E-state index contributed by atoms with van der Waals surface area (Å²) in [5.74, 6) is 0.677. The van der Waals surface area contributed by atoms with Crippen LogP contribution in [-0.2, 0) is 0 Å². The summed E-state index contributed by atoms with van der Waals surface area (Å²) < 4.78 is 0. The molecule has 0 aromatic carbocycles. The minimum absolute atomic E-state index is 0.000785. The molecule has 0 radical (unpaired) electrons. The van der Waals surface area contributed by atoms with Gasteiger partial charge < -0.3 is 5.32 Å². The van der Waals surface area contributed by atoms with E-state index >= 15 is 0 Å². The largest absolute Gasteiger partial charge is 0.351 e. The molecule has 16 heavy (non-hydrogen) atoms. The number of nitrogens with zero attached hydrogens (tertiary/aromatic N) is 1. The highest BCUT2D eigenvalue weighted by Gasteiger charge is 2.41. The fourth-order valence-corrected chi connectivity index (χ4v) is 2.88. The first-order chi connectivity index (χ1) is 7.67. The van der Waals surface area contributed by atoms with Gasteiger partial charge in [0.1, 0.15) is 4.88 Å². The molecule has 0 unspecified atom stereocenters.